The number of ether oxygens (including phenoxy) is 2. The molecule has 0 unspecified atom stereocenters. The van der Waals surface area contributed by atoms with E-state index < -0.39 is 0 Å². The summed E-state index contributed by atoms with van der Waals surface area (Å²) in [5, 5.41) is 6.15. The summed E-state index contributed by atoms with van der Waals surface area (Å²) >= 11 is 0. The number of rotatable bonds is 7. The molecule has 1 amide bonds. The molecule has 0 spiro atoms. The molecule has 0 aliphatic carbocycles. The van der Waals surface area contributed by atoms with Gasteiger partial charge in [-0.1, -0.05) is 6.07 Å². The zero-order valence-corrected chi connectivity index (χ0v) is 14.9. The topological polar surface area (TPSA) is 75.7 Å². The molecule has 3 rings (SSSR count). The van der Waals surface area contributed by atoms with Gasteiger partial charge in [-0.2, -0.15) is 0 Å². The molecular formula is C19H24N4O3. The van der Waals surface area contributed by atoms with Crippen LogP contribution in [0.3, 0.4) is 0 Å². The number of amides is 1. The zero-order valence-electron chi connectivity index (χ0n) is 14.9. The number of pyridine rings is 1. The number of nitrogens with zero attached hydrogens (tertiary/aromatic N) is 2. The molecule has 0 atom stereocenters. The van der Waals surface area contributed by atoms with Gasteiger partial charge in [0.25, 0.3) is 5.91 Å². The molecule has 0 radical (unpaired) electrons. The summed E-state index contributed by atoms with van der Waals surface area (Å²) in [6.07, 6.45) is 1.62. The maximum atomic E-state index is 12.4. The fourth-order valence-electron chi connectivity index (χ4n) is 2.74. The van der Waals surface area contributed by atoms with Crippen molar-refractivity contribution in [3.8, 4) is 5.75 Å². The van der Waals surface area contributed by atoms with Crippen LogP contribution in [0.4, 0.5) is 11.5 Å². The van der Waals surface area contributed by atoms with Crippen LogP contribution in [0.1, 0.15) is 10.4 Å². The first-order valence-electron chi connectivity index (χ1n) is 8.70. The molecule has 1 aliphatic rings. The van der Waals surface area contributed by atoms with Gasteiger partial charge in [0.05, 0.1) is 20.3 Å². The predicted molar refractivity (Wildman–Crippen MR) is 100 cm³/mol. The van der Waals surface area contributed by atoms with Crippen LogP contribution in [0.15, 0.2) is 42.6 Å². The minimum Gasteiger partial charge on any atom is -0.497 e. The Bertz CT molecular complexity index is 732. The number of methoxy groups -OCH3 is 1. The Morgan fingerprint density at radius 3 is 2.92 bits per heavy atom. The van der Waals surface area contributed by atoms with E-state index in [1.165, 1.54) is 0 Å². The Kier molecular flexibility index (Phi) is 6.40. The maximum Gasteiger partial charge on any atom is 0.251 e. The molecule has 1 aliphatic heterocycles. The van der Waals surface area contributed by atoms with Gasteiger partial charge in [-0.15, -0.1) is 0 Å². The highest BCUT2D eigenvalue weighted by Gasteiger charge is 2.11. The first-order valence-corrected chi connectivity index (χ1v) is 8.70. The number of nitrogens with one attached hydrogen (secondary N) is 2. The van der Waals surface area contributed by atoms with Crippen molar-refractivity contribution in [2.75, 3.05) is 51.8 Å². The summed E-state index contributed by atoms with van der Waals surface area (Å²) in [5.74, 6) is 1.26. The van der Waals surface area contributed by atoms with E-state index in [9.17, 15) is 4.79 Å². The molecule has 2 aromatic rings. The summed E-state index contributed by atoms with van der Waals surface area (Å²) in [5.41, 5.74) is 1.43. The molecule has 1 aromatic carbocycles. The van der Waals surface area contributed by atoms with E-state index >= 15 is 0 Å². The summed E-state index contributed by atoms with van der Waals surface area (Å²) < 4.78 is 10.5. The molecule has 1 fully saturated rings. The van der Waals surface area contributed by atoms with Gasteiger partial charge in [0, 0.05) is 49.7 Å². The third-order valence-corrected chi connectivity index (χ3v) is 4.18. The number of carbonyl (C=O) groups is 1. The lowest BCUT2D eigenvalue weighted by molar-refractivity contribution is 0.0383. The summed E-state index contributed by atoms with van der Waals surface area (Å²) in [6.45, 7) is 4.80. The number of aromatic nitrogens is 1. The summed E-state index contributed by atoms with van der Waals surface area (Å²) in [4.78, 5) is 18.9. The van der Waals surface area contributed by atoms with Crippen molar-refractivity contribution in [3.05, 3.63) is 48.2 Å². The smallest absolute Gasteiger partial charge is 0.251 e. The molecule has 0 bridgehead atoms. The third-order valence-electron chi connectivity index (χ3n) is 4.18. The zero-order chi connectivity index (χ0) is 18.2. The SMILES string of the molecule is COc1cccc(Nc2cc(C(=O)NCCN3CCOCC3)ccn2)c1. The highest BCUT2D eigenvalue weighted by Crippen LogP contribution is 2.20. The molecule has 2 heterocycles. The van der Waals surface area contributed by atoms with E-state index in [4.69, 9.17) is 9.47 Å². The predicted octanol–water partition coefficient (Wildman–Crippen LogP) is 1.90. The van der Waals surface area contributed by atoms with Gasteiger partial charge >= 0.3 is 0 Å². The lowest BCUT2D eigenvalue weighted by Gasteiger charge is -2.26. The van der Waals surface area contributed by atoms with E-state index in [1.54, 1.807) is 25.4 Å². The number of hydrogen-bond donors (Lipinski definition) is 2. The van der Waals surface area contributed by atoms with Crippen LogP contribution in [-0.4, -0.2) is 62.3 Å². The molecule has 0 saturated carbocycles. The highest BCUT2D eigenvalue weighted by molar-refractivity contribution is 5.94. The van der Waals surface area contributed by atoms with Crippen LogP contribution < -0.4 is 15.4 Å². The largest absolute Gasteiger partial charge is 0.497 e. The molecule has 2 N–H and O–H groups in total. The average molecular weight is 356 g/mol. The quantitative estimate of drug-likeness (QED) is 0.789. The van der Waals surface area contributed by atoms with Gasteiger partial charge in [-0.3, -0.25) is 9.69 Å². The number of benzene rings is 1. The average Bonchev–Trinajstić information content (AvgIpc) is 2.69. The van der Waals surface area contributed by atoms with Crippen LogP contribution in [0.25, 0.3) is 0 Å². The minimum absolute atomic E-state index is 0.102. The van der Waals surface area contributed by atoms with Crippen molar-refractivity contribution in [2.24, 2.45) is 0 Å². The highest BCUT2D eigenvalue weighted by atomic mass is 16.5. The summed E-state index contributed by atoms with van der Waals surface area (Å²) in [6, 6.07) is 11.0. The van der Waals surface area contributed by atoms with Crippen LogP contribution in [0, 0.1) is 0 Å². The van der Waals surface area contributed by atoms with Gasteiger partial charge < -0.3 is 20.1 Å². The standard InChI is InChI=1S/C19H24N4O3/c1-25-17-4-2-3-16(14-17)22-18-13-15(5-6-20-18)19(24)21-7-8-23-9-11-26-12-10-23/h2-6,13-14H,7-12H2,1H3,(H,20,22)(H,21,24). The first kappa shape index (κ1) is 18.2. The fourth-order valence-corrected chi connectivity index (χ4v) is 2.74. The monoisotopic (exact) mass is 356 g/mol. The van der Waals surface area contributed by atoms with Crippen molar-refractivity contribution in [3.63, 3.8) is 0 Å². The Morgan fingerprint density at radius 2 is 2.12 bits per heavy atom. The van der Waals surface area contributed by atoms with E-state index in [0.717, 1.165) is 44.3 Å². The lowest BCUT2D eigenvalue weighted by atomic mass is 10.2. The lowest BCUT2D eigenvalue weighted by Crippen LogP contribution is -2.41. The number of hydrogen-bond acceptors (Lipinski definition) is 6. The van der Waals surface area contributed by atoms with Crippen LogP contribution in [-0.2, 0) is 4.74 Å². The number of carbonyl (C=O) groups excluding carboxylic acids is 1. The molecule has 26 heavy (non-hydrogen) atoms. The Labute approximate surface area is 153 Å². The van der Waals surface area contributed by atoms with Gasteiger partial charge in [-0.05, 0) is 24.3 Å². The second-order valence-corrected chi connectivity index (χ2v) is 6.00. The van der Waals surface area contributed by atoms with E-state index in [0.29, 0.717) is 17.9 Å². The number of anilines is 2. The van der Waals surface area contributed by atoms with Gasteiger partial charge in [-0.25, -0.2) is 4.98 Å². The van der Waals surface area contributed by atoms with Gasteiger partial charge in [0.15, 0.2) is 0 Å². The van der Waals surface area contributed by atoms with E-state index in [-0.39, 0.29) is 5.91 Å². The second kappa shape index (κ2) is 9.17. The normalized spacial score (nSPS) is 14.7. The minimum atomic E-state index is -0.102. The summed E-state index contributed by atoms with van der Waals surface area (Å²) in [7, 11) is 1.62. The molecule has 1 saturated heterocycles. The third kappa shape index (κ3) is 5.18. The van der Waals surface area contributed by atoms with E-state index in [2.05, 4.69) is 20.5 Å². The van der Waals surface area contributed by atoms with Crippen molar-refractivity contribution in [1.29, 1.82) is 0 Å². The van der Waals surface area contributed by atoms with Crippen LogP contribution in [0.5, 0.6) is 5.75 Å². The van der Waals surface area contributed by atoms with Crippen LogP contribution >= 0.6 is 0 Å². The molecule has 1 aromatic heterocycles. The van der Waals surface area contributed by atoms with Crippen molar-refractivity contribution >= 4 is 17.4 Å². The Balaban J connectivity index is 1.54. The van der Waals surface area contributed by atoms with Gasteiger partial charge in [0.1, 0.15) is 11.6 Å². The first-order chi connectivity index (χ1) is 12.7. The molecule has 7 nitrogen and oxygen atoms in total. The molecular weight excluding hydrogens is 332 g/mol. The maximum absolute atomic E-state index is 12.4. The van der Waals surface area contributed by atoms with Crippen molar-refractivity contribution in [1.82, 2.24) is 15.2 Å². The van der Waals surface area contributed by atoms with Crippen molar-refractivity contribution in [2.45, 2.75) is 0 Å². The number of morpholine rings is 1. The second-order valence-electron chi connectivity index (χ2n) is 6.00. The van der Waals surface area contributed by atoms with E-state index in [1.807, 2.05) is 24.3 Å². The fraction of sp³-hybridized carbons (Fsp3) is 0.368. The molecule has 7 heteroatoms. The Hall–Kier alpha value is -2.64. The van der Waals surface area contributed by atoms with Gasteiger partial charge in [0.2, 0.25) is 0 Å². The van der Waals surface area contributed by atoms with Crippen molar-refractivity contribution < 1.29 is 14.3 Å². The van der Waals surface area contributed by atoms with Crippen LogP contribution in [0.2, 0.25) is 0 Å². The molecule has 138 valence electrons. The Morgan fingerprint density at radius 1 is 1.27 bits per heavy atom.